The summed E-state index contributed by atoms with van der Waals surface area (Å²) in [4.78, 5) is 16.2. The number of carbonyl (C=O) groups is 1. The molecular formula is C16H23ClN2OS. The Morgan fingerprint density at radius 2 is 2.24 bits per heavy atom. The Balaban J connectivity index is 0.00000161. The molecule has 1 fully saturated rings. The molecule has 3 rings (SSSR count). The highest BCUT2D eigenvalue weighted by Gasteiger charge is 2.38. The van der Waals surface area contributed by atoms with Crippen LogP contribution in [-0.4, -0.2) is 36.2 Å². The first-order chi connectivity index (χ1) is 9.63. The molecule has 0 saturated carbocycles. The number of hydrogen-bond acceptors (Lipinski definition) is 3. The summed E-state index contributed by atoms with van der Waals surface area (Å²) in [5, 5.41) is 0. The number of rotatable bonds is 2. The van der Waals surface area contributed by atoms with Crippen molar-refractivity contribution in [1.29, 1.82) is 0 Å². The number of nitrogens with zero attached hydrogens (tertiary/aromatic N) is 1. The zero-order valence-electron chi connectivity index (χ0n) is 12.4. The Morgan fingerprint density at radius 3 is 2.95 bits per heavy atom. The lowest BCUT2D eigenvalue weighted by atomic mass is 9.90. The summed E-state index contributed by atoms with van der Waals surface area (Å²) in [5.74, 6) is 1.39. The van der Waals surface area contributed by atoms with Gasteiger partial charge in [0.25, 0.3) is 0 Å². The van der Waals surface area contributed by atoms with Crippen molar-refractivity contribution >= 4 is 30.1 Å². The van der Waals surface area contributed by atoms with Crippen molar-refractivity contribution < 1.29 is 4.79 Å². The fourth-order valence-electron chi connectivity index (χ4n) is 3.20. The van der Waals surface area contributed by atoms with E-state index in [0.717, 1.165) is 31.7 Å². The summed E-state index contributed by atoms with van der Waals surface area (Å²) in [5.41, 5.74) is 7.17. The fraction of sp³-hybridized carbons (Fsp3) is 0.562. The van der Waals surface area contributed by atoms with Gasteiger partial charge in [-0.25, -0.2) is 0 Å². The van der Waals surface area contributed by atoms with Crippen molar-refractivity contribution in [2.24, 2.45) is 11.1 Å². The van der Waals surface area contributed by atoms with E-state index in [1.165, 1.54) is 10.5 Å². The topological polar surface area (TPSA) is 46.3 Å². The molecule has 2 aliphatic heterocycles. The van der Waals surface area contributed by atoms with Crippen molar-refractivity contribution in [3.8, 4) is 0 Å². The molecule has 2 aliphatic rings. The van der Waals surface area contributed by atoms with Crippen molar-refractivity contribution in [2.75, 3.05) is 25.4 Å². The number of likely N-dealkylation sites (tertiary alicyclic amines) is 1. The van der Waals surface area contributed by atoms with Crippen molar-refractivity contribution in [2.45, 2.75) is 30.6 Å². The van der Waals surface area contributed by atoms with Gasteiger partial charge in [-0.15, -0.1) is 24.2 Å². The number of fused-ring (bicyclic) bond motifs is 1. The number of nitrogens with two attached hydrogens (primary N) is 1. The molecule has 0 aliphatic carbocycles. The smallest absolute Gasteiger partial charge is 0.230 e. The average molecular weight is 327 g/mol. The van der Waals surface area contributed by atoms with Gasteiger partial charge < -0.3 is 10.6 Å². The van der Waals surface area contributed by atoms with Crippen molar-refractivity contribution in [1.82, 2.24) is 4.90 Å². The number of benzene rings is 1. The predicted octanol–water partition coefficient (Wildman–Crippen LogP) is 2.89. The molecular weight excluding hydrogens is 304 g/mol. The van der Waals surface area contributed by atoms with Crippen LogP contribution in [0.15, 0.2) is 29.2 Å². The van der Waals surface area contributed by atoms with Gasteiger partial charge >= 0.3 is 0 Å². The first-order valence-corrected chi connectivity index (χ1v) is 8.32. The SMILES string of the molecule is CC1(CN)CCN(C(=O)C2CCSc3ccccc32)C1.Cl. The maximum Gasteiger partial charge on any atom is 0.230 e. The molecule has 0 radical (unpaired) electrons. The Kier molecular flexibility index (Phi) is 5.23. The van der Waals surface area contributed by atoms with E-state index in [0.29, 0.717) is 12.5 Å². The normalized spacial score (nSPS) is 27.9. The van der Waals surface area contributed by atoms with Gasteiger partial charge in [-0.2, -0.15) is 0 Å². The Hall–Kier alpha value is -0.710. The van der Waals surface area contributed by atoms with Gasteiger partial charge in [0, 0.05) is 18.0 Å². The second-order valence-electron chi connectivity index (χ2n) is 6.25. The van der Waals surface area contributed by atoms with Crippen LogP contribution in [0.3, 0.4) is 0 Å². The number of hydrogen-bond donors (Lipinski definition) is 1. The van der Waals surface area contributed by atoms with Crippen LogP contribution in [0.25, 0.3) is 0 Å². The standard InChI is InChI=1S/C16H22N2OS.ClH/c1-16(10-17)7-8-18(11-16)15(19)13-6-9-20-14-5-3-2-4-12(13)14;/h2-5,13H,6-11,17H2,1H3;1H. The minimum Gasteiger partial charge on any atom is -0.342 e. The van der Waals surface area contributed by atoms with E-state index in [1.807, 2.05) is 22.7 Å². The summed E-state index contributed by atoms with van der Waals surface area (Å²) < 4.78 is 0. The predicted molar refractivity (Wildman–Crippen MR) is 90.1 cm³/mol. The molecule has 3 nitrogen and oxygen atoms in total. The van der Waals surface area contributed by atoms with E-state index in [2.05, 4.69) is 25.1 Å². The third-order valence-electron chi connectivity index (χ3n) is 4.62. The molecule has 0 aromatic heterocycles. The molecule has 1 saturated heterocycles. The lowest BCUT2D eigenvalue weighted by molar-refractivity contribution is -0.132. The van der Waals surface area contributed by atoms with Crippen LogP contribution in [0.4, 0.5) is 0 Å². The number of amides is 1. The Morgan fingerprint density at radius 1 is 1.48 bits per heavy atom. The fourth-order valence-corrected chi connectivity index (χ4v) is 4.32. The Labute approximate surface area is 137 Å². The molecule has 116 valence electrons. The molecule has 2 N–H and O–H groups in total. The van der Waals surface area contributed by atoms with Crippen LogP contribution < -0.4 is 5.73 Å². The Bertz CT molecular complexity index is 525. The van der Waals surface area contributed by atoms with Gasteiger partial charge in [0.05, 0.1) is 5.92 Å². The molecule has 1 aromatic rings. The molecule has 5 heteroatoms. The van der Waals surface area contributed by atoms with E-state index in [-0.39, 0.29) is 23.7 Å². The highest BCUT2D eigenvalue weighted by atomic mass is 35.5. The minimum atomic E-state index is 0. The molecule has 21 heavy (non-hydrogen) atoms. The average Bonchev–Trinajstić information content (AvgIpc) is 2.89. The first kappa shape index (κ1) is 16.7. The highest BCUT2D eigenvalue weighted by Crippen LogP contribution is 2.39. The number of thioether (sulfide) groups is 1. The van der Waals surface area contributed by atoms with Gasteiger partial charge in [0.2, 0.25) is 5.91 Å². The van der Waals surface area contributed by atoms with E-state index in [9.17, 15) is 4.79 Å². The largest absolute Gasteiger partial charge is 0.342 e. The number of carbonyl (C=O) groups excluding carboxylic acids is 1. The summed E-state index contributed by atoms with van der Waals surface area (Å²) in [7, 11) is 0. The number of halogens is 1. The molecule has 0 spiro atoms. The van der Waals surface area contributed by atoms with E-state index < -0.39 is 0 Å². The van der Waals surface area contributed by atoms with Gasteiger partial charge in [-0.1, -0.05) is 25.1 Å². The van der Waals surface area contributed by atoms with E-state index in [4.69, 9.17) is 5.73 Å². The van der Waals surface area contributed by atoms with Crippen LogP contribution >= 0.6 is 24.2 Å². The van der Waals surface area contributed by atoms with Gasteiger partial charge in [0.15, 0.2) is 0 Å². The maximum atomic E-state index is 12.8. The van der Waals surface area contributed by atoms with E-state index >= 15 is 0 Å². The van der Waals surface area contributed by atoms with Crippen LogP contribution in [0.5, 0.6) is 0 Å². The third-order valence-corrected chi connectivity index (χ3v) is 5.74. The lowest BCUT2D eigenvalue weighted by Gasteiger charge is -2.29. The molecule has 2 heterocycles. The van der Waals surface area contributed by atoms with Crippen molar-refractivity contribution in [3.05, 3.63) is 29.8 Å². The van der Waals surface area contributed by atoms with Gasteiger partial charge in [-0.05, 0) is 42.2 Å². The second kappa shape index (κ2) is 6.59. The van der Waals surface area contributed by atoms with Gasteiger partial charge in [-0.3, -0.25) is 4.79 Å². The van der Waals surface area contributed by atoms with Gasteiger partial charge in [0.1, 0.15) is 0 Å². The summed E-state index contributed by atoms with van der Waals surface area (Å²) >= 11 is 1.87. The van der Waals surface area contributed by atoms with Crippen LogP contribution in [0.2, 0.25) is 0 Å². The molecule has 2 atom stereocenters. The summed E-state index contributed by atoms with van der Waals surface area (Å²) in [6, 6.07) is 8.34. The zero-order chi connectivity index (χ0) is 14.2. The van der Waals surface area contributed by atoms with E-state index in [1.54, 1.807) is 0 Å². The quantitative estimate of drug-likeness (QED) is 0.909. The zero-order valence-corrected chi connectivity index (χ0v) is 14.0. The minimum absolute atomic E-state index is 0. The third kappa shape index (κ3) is 3.22. The summed E-state index contributed by atoms with van der Waals surface area (Å²) in [6.45, 7) is 4.52. The molecule has 1 amide bonds. The van der Waals surface area contributed by atoms with Crippen LogP contribution in [-0.2, 0) is 4.79 Å². The second-order valence-corrected chi connectivity index (χ2v) is 7.39. The summed E-state index contributed by atoms with van der Waals surface area (Å²) in [6.07, 6.45) is 1.98. The maximum absolute atomic E-state index is 12.8. The van der Waals surface area contributed by atoms with Crippen LogP contribution in [0.1, 0.15) is 31.2 Å². The highest BCUT2D eigenvalue weighted by molar-refractivity contribution is 7.99. The molecule has 1 aromatic carbocycles. The monoisotopic (exact) mass is 326 g/mol. The first-order valence-electron chi connectivity index (χ1n) is 7.33. The molecule has 0 bridgehead atoms. The van der Waals surface area contributed by atoms with Crippen molar-refractivity contribution in [3.63, 3.8) is 0 Å². The lowest BCUT2D eigenvalue weighted by Crippen LogP contribution is -2.37. The van der Waals surface area contributed by atoms with Crippen LogP contribution in [0, 0.1) is 5.41 Å². The molecule has 2 unspecified atom stereocenters.